The minimum atomic E-state index is -1.71. The minimum Gasteiger partial charge on any atom is -0.496 e. The molecule has 1 aromatic heterocycles. The number of para-hydroxylation sites is 1. The number of hydrogen-bond donors (Lipinski definition) is 2. The van der Waals surface area contributed by atoms with E-state index in [1.807, 2.05) is 24.3 Å². The molecular formula is C19H15F3N4O2. The van der Waals surface area contributed by atoms with Gasteiger partial charge in [-0.15, -0.1) is 10.2 Å². The van der Waals surface area contributed by atoms with E-state index in [0.717, 1.165) is 17.4 Å². The largest absolute Gasteiger partial charge is 0.496 e. The van der Waals surface area contributed by atoms with Crippen molar-refractivity contribution in [2.45, 2.75) is 6.54 Å². The molecule has 0 spiro atoms. The van der Waals surface area contributed by atoms with Crippen molar-refractivity contribution in [3.63, 3.8) is 0 Å². The number of aromatic nitrogens is 2. The van der Waals surface area contributed by atoms with Crippen LogP contribution in [0.4, 0.5) is 24.8 Å². The molecule has 3 aromatic rings. The van der Waals surface area contributed by atoms with E-state index in [0.29, 0.717) is 18.4 Å². The normalized spacial score (nSPS) is 10.4. The average molecular weight is 388 g/mol. The standard InChI is InChI=1S/C19H15F3N4O2/c1-28-14-5-3-2-4-11(14)10-23-15-8-9-16(26-25-15)24-19(27)12-6-7-13(20)18(22)17(12)21/h2-9H,10H2,1H3,(H,23,25)(H,24,26,27). The van der Waals surface area contributed by atoms with Gasteiger partial charge in [-0.25, -0.2) is 13.2 Å². The molecule has 0 aliphatic rings. The third-order valence-corrected chi connectivity index (χ3v) is 3.84. The van der Waals surface area contributed by atoms with Crippen LogP contribution in [-0.4, -0.2) is 23.2 Å². The van der Waals surface area contributed by atoms with Crippen molar-refractivity contribution >= 4 is 17.5 Å². The molecule has 0 aliphatic carbocycles. The van der Waals surface area contributed by atoms with Crippen LogP contribution in [-0.2, 0) is 6.54 Å². The Morgan fingerprint density at radius 2 is 1.68 bits per heavy atom. The lowest BCUT2D eigenvalue weighted by Crippen LogP contribution is -2.16. The Morgan fingerprint density at radius 3 is 2.39 bits per heavy atom. The Bertz CT molecular complexity index is 997. The summed E-state index contributed by atoms with van der Waals surface area (Å²) in [5.74, 6) is -4.45. The van der Waals surface area contributed by atoms with E-state index in [1.54, 1.807) is 13.2 Å². The number of carbonyl (C=O) groups is 1. The molecular weight excluding hydrogens is 373 g/mol. The number of rotatable bonds is 6. The topological polar surface area (TPSA) is 76.1 Å². The second-order valence-electron chi connectivity index (χ2n) is 5.65. The number of ether oxygens (including phenoxy) is 1. The number of anilines is 2. The summed E-state index contributed by atoms with van der Waals surface area (Å²) in [6.45, 7) is 0.435. The van der Waals surface area contributed by atoms with Gasteiger partial charge < -0.3 is 15.4 Å². The molecule has 0 bridgehead atoms. The molecule has 1 amide bonds. The van der Waals surface area contributed by atoms with Crippen LogP contribution in [0.1, 0.15) is 15.9 Å². The lowest BCUT2D eigenvalue weighted by atomic mass is 10.2. The van der Waals surface area contributed by atoms with Gasteiger partial charge >= 0.3 is 0 Å². The summed E-state index contributed by atoms with van der Waals surface area (Å²) < 4.78 is 45.1. The molecule has 2 N–H and O–H groups in total. The average Bonchev–Trinajstić information content (AvgIpc) is 2.71. The lowest BCUT2D eigenvalue weighted by Gasteiger charge is -2.10. The number of benzene rings is 2. The third kappa shape index (κ3) is 4.20. The number of halogens is 3. The second-order valence-corrected chi connectivity index (χ2v) is 5.65. The van der Waals surface area contributed by atoms with Gasteiger partial charge in [0.25, 0.3) is 5.91 Å². The fourth-order valence-electron chi connectivity index (χ4n) is 2.41. The van der Waals surface area contributed by atoms with Crippen molar-refractivity contribution in [3.8, 4) is 5.75 Å². The maximum Gasteiger partial charge on any atom is 0.259 e. The Labute approximate surface area is 158 Å². The molecule has 0 saturated carbocycles. The van der Waals surface area contributed by atoms with Gasteiger partial charge in [-0.05, 0) is 30.3 Å². The van der Waals surface area contributed by atoms with Gasteiger partial charge in [-0.1, -0.05) is 18.2 Å². The Hall–Kier alpha value is -3.62. The Balaban J connectivity index is 1.64. The first kappa shape index (κ1) is 19.2. The smallest absolute Gasteiger partial charge is 0.259 e. The van der Waals surface area contributed by atoms with Crippen molar-refractivity contribution in [3.05, 3.63) is 77.1 Å². The summed E-state index contributed by atoms with van der Waals surface area (Å²) >= 11 is 0. The molecule has 144 valence electrons. The molecule has 0 atom stereocenters. The van der Waals surface area contributed by atoms with E-state index in [4.69, 9.17) is 4.74 Å². The predicted molar refractivity (Wildman–Crippen MR) is 96.6 cm³/mol. The van der Waals surface area contributed by atoms with Gasteiger partial charge in [-0.3, -0.25) is 4.79 Å². The van der Waals surface area contributed by atoms with Gasteiger partial charge in [0.2, 0.25) is 0 Å². The molecule has 0 radical (unpaired) electrons. The SMILES string of the molecule is COc1ccccc1CNc1ccc(NC(=O)c2ccc(F)c(F)c2F)nn1. The monoisotopic (exact) mass is 388 g/mol. The van der Waals surface area contributed by atoms with Crippen LogP contribution in [0.5, 0.6) is 5.75 Å². The van der Waals surface area contributed by atoms with E-state index < -0.39 is 28.9 Å². The van der Waals surface area contributed by atoms with Gasteiger partial charge in [0.15, 0.2) is 23.3 Å². The number of nitrogens with one attached hydrogen (secondary N) is 2. The molecule has 6 nitrogen and oxygen atoms in total. The zero-order valence-electron chi connectivity index (χ0n) is 14.7. The van der Waals surface area contributed by atoms with Gasteiger partial charge in [0.05, 0.1) is 12.7 Å². The van der Waals surface area contributed by atoms with Crippen molar-refractivity contribution in [2.75, 3.05) is 17.7 Å². The van der Waals surface area contributed by atoms with Crippen LogP contribution in [0.15, 0.2) is 48.5 Å². The summed E-state index contributed by atoms with van der Waals surface area (Å²) in [5.41, 5.74) is 0.275. The number of amides is 1. The molecule has 0 unspecified atom stereocenters. The first-order valence-electron chi connectivity index (χ1n) is 8.14. The minimum absolute atomic E-state index is 0.0250. The van der Waals surface area contributed by atoms with Gasteiger partial charge in [0, 0.05) is 12.1 Å². The molecule has 1 heterocycles. The molecule has 28 heavy (non-hydrogen) atoms. The van der Waals surface area contributed by atoms with Crippen LogP contribution in [0.25, 0.3) is 0 Å². The lowest BCUT2D eigenvalue weighted by molar-refractivity contribution is 0.102. The van der Waals surface area contributed by atoms with Crippen LogP contribution in [0.3, 0.4) is 0 Å². The van der Waals surface area contributed by atoms with Crippen molar-refractivity contribution in [1.29, 1.82) is 0 Å². The molecule has 9 heteroatoms. The summed E-state index contributed by atoms with van der Waals surface area (Å²) in [6.07, 6.45) is 0. The van der Waals surface area contributed by atoms with E-state index in [9.17, 15) is 18.0 Å². The second kappa shape index (κ2) is 8.38. The van der Waals surface area contributed by atoms with E-state index in [2.05, 4.69) is 20.8 Å². The van der Waals surface area contributed by atoms with Crippen LogP contribution in [0, 0.1) is 17.5 Å². The van der Waals surface area contributed by atoms with Gasteiger partial charge in [0.1, 0.15) is 11.6 Å². The molecule has 0 aliphatic heterocycles. The van der Waals surface area contributed by atoms with Gasteiger partial charge in [-0.2, -0.15) is 0 Å². The van der Waals surface area contributed by atoms with Crippen molar-refractivity contribution in [1.82, 2.24) is 10.2 Å². The van der Waals surface area contributed by atoms with Crippen LogP contribution >= 0.6 is 0 Å². The Morgan fingerprint density at radius 1 is 0.964 bits per heavy atom. The summed E-state index contributed by atoms with van der Waals surface area (Å²) in [4.78, 5) is 12.0. The number of methoxy groups -OCH3 is 1. The zero-order chi connectivity index (χ0) is 20.1. The highest BCUT2D eigenvalue weighted by Gasteiger charge is 2.19. The summed E-state index contributed by atoms with van der Waals surface area (Å²) in [7, 11) is 1.58. The number of nitrogens with zero attached hydrogens (tertiary/aromatic N) is 2. The zero-order valence-corrected chi connectivity index (χ0v) is 14.7. The van der Waals surface area contributed by atoms with Crippen molar-refractivity contribution < 1.29 is 22.7 Å². The third-order valence-electron chi connectivity index (χ3n) is 3.84. The fraction of sp³-hybridized carbons (Fsp3) is 0.105. The van der Waals surface area contributed by atoms with Crippen molar-refractivity contribution in [2.24, 2.45) is 0 Å². The fourth-order valence-corrected chi connectivity index (χ4v) is 2.41. The van der Waals surface area contributed by atoms with E-state index in [-0.39, 0.29) is 5.82 Å². The number of carbonyl (C=O) groups excluding carboxylic acids is 1. The van der Waals surface area contributed by atoms with Crippen LogP contribution < -0.4 is 15.4 Å². The molecule has 0 fully saturated rings. The highest BCUT2D eigenvalue weighted by atomic mass is 19.2. The molecule has 3 rings (SSSR count). The quantitative estimate of drug-likeness (QED) is 0.629. The van der Waals surface area contributed by atoms with E-state index in [1.165, 1.54) is 6.07 Å². The first-order chi connectivity index (χ1) is 13.5. The van der Waals surface area contributed by atoms with Crippen LogP contribution in [0.2, 0.25) is 0 Å². The molecule has 0 saturated heterocycles. The maximum atomic E-state index is 13.7. The number of hydrogen-bond acceptors (Lipinski definition) is 5. The summed E-state index contributed by atoms with van der Waals surface area (Å²) in [6, 6.07) is 12.0. The predicted octanol–water partition coefficient (Wildman–Crippen LogP) is 3.77. The highest BCUT2D eigenvalue weighted by Crippen LogP contribution is 2.19. The maximum absolute atomic E-state index is 13.7. The molecule has 2 aromatic carbocycles. The Kier molecular flexibility index (Phi) is 5.73. The first-order valence-corrected chi connectivity index (χ1v) is 8.14. The summed E-state index contributed by atoms with van der Waals surface area (Å²) in [5, 5.41) is 13.0. The van der Waals surface area contributed by atoms with E-state index >= 15 is 0 Å². The highest BCUT2D eigenvalue weighted by molar-refractivity contribution is 6.03.